The molecule has 1 aromatic heterocycles. The van der Waals surface area contributed by atoms with Gasteiger partial charge in [-0.25, -0.2) is 4.39 Å². The topological polar surface area (TPSA) is 12.9 Å². The summed E-state index contributed by atoms with van der Waals surface area (Å²) in [6, 6.07) is 0.683. The maximum atomic E-state index is 13.1. The Kier molecular flexibility index (Phi) is 4.16. The van der Waals surface area contributed by atoms with Crippen molar-refractivity contribution in [3.8, 4) is 0 Å². The lowest BCUT2D eigenvalue weighted by Crippen LogP contribution is -2.07. The Bertz CT molecular complexity index is 355. The maximum Gasteiger partial charge on any atom is 0.417 e. The van der Waals surface area contributed by atoms with Crippen molar-refractivity contribution in [3.63, 3.8) is 0 Å². The Morgan fingerprint density at radius 2 is 2.07 bits per heavy atom. The zero-order valence-electron chi connectivity index (χ0n) is 7.15. The quantitative estimate of drug-likeness (QED) is 0.441. The molecule has 0 radical (unpaired) electrons. The van der Waals surface area contributed by atoms with Crippen molar-refractivity contribution in [3.05, 3.63) is 28.5 Å². The largest absolute Gasteiger partial charge is 0.417 e. The van der Waals surface area contributed by atoms with E-state index in [2.05, 4.69) is 4.98 Å². The summed E-state index contributed by atoms with van der Waals surface area (Å²) < 4.78 is 49.8. The Labute approximate surface area is 102 Å². The highest BCUT2D eigenvalue weighted by Crippen LogP contribution is 2.33. The fraction of sp³-hybridized carbons (Fsp3) is 0.375. The lowest BCUT2D eigenvalue weighted by atomic mass is 10.2. The number of halogens is 6. The van der Waals surface area contributed by atoms with Crippen LogP contribution in [0.3, 0.4) is 0 Å². The van der Waals surface area contributed by atoms with Gasteiger partial charge >= 0.3 is 6.18 Å². The number of hydrogen-bond acceptors (Lipinski definition) is 1. The second-order valence-electron chi connectivity index (χ2n) is 2.71. The third-order valence-corrected chi connectivity index (χ3v) is 2.71. The smallest absolute Gasteiger partial charge is 0.256 e. The number of hydrogen-bond donors (Lipinski definition) is 0. The van der Waals surface area contributed by atoms with Gasteiger partial charge in [-0.1, -0.05) is 34.2 Å². The predicted octanol–water partition coefficient (Wildman–Crippen LogP) is 4.20. The minimum absolute atomic E-state index is 0.0931. The molecule has 0 aliphatic rings. The third kappa shape index (κ3) is 3.17. The molecule has 0 fully saturated rings. The Balaban J connectivity index is 3.09. The second kappa shape index (κ2) is 4.82. The van der Waals surface area contributed by atoms with E-state index in [9.17, 15) is 17.6 Å². The van der Waals surface area contributed by atoms with Gasteiger partial charge in [0.15, 0.2) is 6.17 Å². The number of nitrogens with zero attached hydrogens (tertiary/aromatic N) is 1. The van der Waals surface area contributed by atoms with Crippen LogP contribution in [0.5, 0.6) is 0 Å². The van der Waals surface area contributed by atoms with E-state index in [1.165, 1.54) is 0 Å². The molecule has 0 saturated carbocycles. The highest BCUT2D eigenvalue weighted by atomic mass is 127. The van der Waals surface area contributed by atoms with Crippen LogP contribution in [0.25, 0.3) is 0 Å². The molecule has 0 aromatic carbocycles. The first-order valence-electron chi connectivity index (χ1n) is 3.79. The summed E-state index contributed by atoms with van der Waals surface area (Å²) in [5.41, 5.74) is -1.13. The summed E-state index contributed by atoms with van der Waals surface area (Å²) in [5.74, 6) is 0. The van der Waals surface area contributed by atoms with Gasteiger partial charge in [0.05, 0.1) is 16.3 Å². The monoisotopic (exact) mass is 353 g/mol. The van der Waals surface area contributed by atoms with Gasteiger partial charge < -0.3 is 0 Å². The molecule has 0 aliphatic heterocycles. The van der Waals surface area contributed by atoms with E-state index in [4.69, 9.17) is 11.6 Å². The van der Waals surface area contributed by atoms with Crippen LogP contribution in [0.2, 0.25) is 5.02 Å². The molecule has 1 unspecified atom stereocenters. The van der Waals surface area contributed by atoms with Crippen molar-refractivity contribution in [2.75, 3.05) is 4.43 Å². The Morgan fingerprint density at radius 1 is 1.47 bits per heavy atom. The first kappa shape index (κ1) is 13.0. The minimum Gasteiger partial charge on any atom is -0.256 e. The molecule has 0 saturated heterocycles. The first-order chi connectivity index (χ1) is 6.86. The van der Waals surface area contributed by atoms with Crippen LogP contribution in [-0.4, -0.2) is 9.41 Å². The summed E-state index contributed by atoms with van der Waals surface area (Å²) in [7, 11) is 0. The molecule has 1 heterocycles. The lowest BCUT2D eigenvalue weighted by molar-refractivity contribution is -0.137. The molecule has 0 aliphatic carbocycles. The highest BCUT2D eigenvalue weighted by Gasteiger charge is 2.32. The molecule has 84 valence electrons. The van der Waals surface area contributed by atoms with Crippen molar-refractivity contribution < 1.29 is 17.6 Å². The molecule has 15 heavy (non-hydrogen) atoms. The molecule has 7 heteroatoms. The standard InChI is InChI=1S/C8H5ClF4IN/c9-5-1-4(8(11,12)13)3-15-7(5)6(10)2-14/h1,3,6H,2H2. The van der Waals surface area contributed by atoms with Gasteiger partial charge in [-0.15, -0.1) is 0 Å². The first-order valence-corrected chi connectivity index (χ1v) is 5.69. The van der Waals surface area contributed by atoms with E-state index < -0.39 is 17.9 Å². The third-order valence-electron chi connectivity index (χ3n) is 1.63. The molecular weight excluding hydrogens is 348 g/mol. The van der Waals surface area contributed by atoms with Gasteiger partial charge in [0.25, 0.3) is 0 Å². The molecule has 0 bridgehead atoms. The molecule has 0 amide bonds. The Hall–Kier alpha value is -0.110. The van der Waals surface area contributed by atoms with Gasteiger partial charge in [0.2, 0.25) is 0 Å². The number of rotatable bonds is 2. The van der Waals surface area contributed by atoms with Gasteiger partial charge in [-0.05, 0) is 6.07 Å². The van der Waals surface area contributed by atoms with E-state index in [0.29, 0.717) is 12.3 Å². The van der Waals surface area contributed by atoms with Crippen molar-refractivity contribution >= 4 is 34.2 Å². The van der Waals surface area contributed by atoms with Crippen LogP contribution >= 0.6 is 34.2 Å². The van der Waals surface area contributed by atoms with Crippen LogP contribution in [0.1, 0.15) is 17.4 Å². The van der Waals surface area contributed by atoms with Gasteiger partial charge in [-0.2, -0.15) is 13.2 Å². The molecule has 1 atom stereocenters. The molecule has 0 N–H and O–H groups in total. The molecule has 1 aromatic rings. The molecule has 0 spiro atoms. The normalized spacial score (nSPS) is 14.0. The van der Waals surface area contributed by atoms with Crippen LogP contribution < -0.4 is 0 Å². The van der Waals surface area contributed by atoms with Crippen molar-refractivity contribution in [1.29, 1.82) is 0 Å². The van der Waals surface area contributed by atoms with E-state index in [1.807, 2.05) is 0 Å². The average molecular weight is 353 g/mol. The second-order valence-corrected chi connectivity index (χ2v) is 4.00. The average Bonchev–Trinajstić information content (AvgIpc) is 2.15. The fourth-order valence-corrected chi connectivity index (χ4v) is 1.61. The van der Waals surface area contributed by atoms with Gasteiger partial charge in [0, 0.05) is 10.6 Å². The van der Waals surface area contributed by atoms with Gasteiger partial charge in [0.1, 0.15) is 0 Å². The fourth-order valence-electron chi connectivity index (χ4n) is 0.907. The summed E-state index contributed by atoms with van der Waals surface area (Å²) in [6.45, 7) is 0. The zero-order valence-corrected chi connectivity index (χ0v) is 10.1. The van der Waals surface area contributed by atoms with Crippen molar-refractivity contribution in [2.24, 2.45) is 0 Å². The minimum atomic E-state index is -4.51. The van der Waals surface area contributed by atoms with E-state index in [-0.39, 0.29) is 15.1 Å². The van der Waals surface area contributed by atoms with E-state index in [0.717, 1.165) is 0 Å². The van der Waals surface area contributed by atoms with Crippen LogP contribution in [0.4, 0.5) is 17.6 Å². The molecular formula is C8H5ClF4IN. The van der Waals surface area contributed by atoms with Crippen LogP contribution in [-0.2, 0) is 6.18 Å². The Morgan fingerprint density at radius 3 is 2.47 bits per heavy atom. The summed E-state index contributed by atoms with van der Waals surface area (Å²) in [6.07, 6.45) is -5.37. The van der Waals surface area contributed by atoms with Gasteiger partial charge in [-0.3, -0.25) is 4.98 Å². The highest BCUT2D eigenvalue weighted by molar-refractivity contribution is 14.1. The number of aromatic nitrogens is 1. The number of alkyl halides is 5. The van der Waals surface area contributed by atoms with Crippen LogP contribution in [0.15, 0.2) is 12.3 Å². The van der Waals surface area contributed by atoms with E-state index >= 15 is 0 Å². The summed E-state index contributed by atoms with van der Waals surface area (Å²) in [4.78, 5) is 3.38. The predicted molar refractivity (Wildman–Crippen MR) is 57.0 cm³/mol. The number of pyridine rings is 1. The lowest BCUT2D eigenvalue weighted by Gasteiger charge is -2.10. The molecule has 1 nitrogen and oxygen atoms in total. The van der Waals surface area contributed by atoms with E-state index in [1.54, 1.807) is 22.6 Å². The van der Waals surface area contributed by atoms with Crippen molar-refractivity contribution in [2.45, 2.75) is 12.3 Å². The van der Waals surface area contributed by atoms with Crippen LogP contribution in [0, 0.1) is 0 Å². The summed E-state index contributed by atoms with van der Waals surface area (Å²) in [5, 5.41) is -0.297. The SMILES string of the molecule is FC(CI)c1ncc(C(F)(F)F)cc1Cl. The summed E-state index contributed by atoms with van der Waals surface area (Å²) >= 11 is 7.27. The zero-order chi connectivity index (χ0) is 11.6. The maximum absolute atomic E-state index is 13.1. The van der Waals surface area contributed by atoms with Crippen molar-refractivity contribution in [1.82, 2.24) is 4.98 Å². The molecule has 1 rings (SSSR count).